The van der Waals surface area contributed by atoms with Gasteiger partial charge in [0.25, 0.3) is 0 Å². The second-order valence-corrected chi connectivity index (χ2v) is 10.3. The highest BCUT2D eigenvalue weighted by atomic mass is 35.5. The summed E-state index contributed by atoms with van der Waals surface area (Å²) < 4.78 is 0. The molecule has 2 atom stereocenters. The molecule has 5 rings (SSSR count). The Labute approximate surface area is 216 Å². The summed E-state index contributed by atoms with van der Waals surface area (Å²) in [5, 5.41) is 12.6. The van der Waals surface area contributed by atoms with Crippen LogP contribution < -0.4 is 21.3 Å². The van der Waals surface area contributed by atoms with E-state index in [9.17, 15) is 14.4 Å². The Morgan fingerprint density at radius 1 is 1.00 bits per heavy atom. The number of amides is 4. The molecule has 0 radical (unpaired) electrons. The molecule has 2 aromatic rings. The van der Waals surface area contributed by atoms with Crippen molar-refractivity contribution in [1.29, 1.82) is 0 Å². The normalized spacial score (nSPS) is 21.3. The quantitative estimate of drug-likeness (QED) is 0.460. The Morgan fingerprint density at radius 2 is 1.69 bits per heavy atom. The van der Waals surface area contributed by atoms with E-state index < -0.39 is 6.04 Å². The Hall–Kier alpha value is -3.10. The van der Waals surface area contributed by atoms with E-state index in [1.165, 1.54) is 5.56 Å². The number of hydrogen-bond acceptors (Lipinski definition) is 4. The first kappa shape index (κ1) is 24.6. The fourth-order valence-electron chi connectivity index (χ4n) is 5.29. The predicted molar refractivity (Wildman–Crippen MR) is 138 cm³/mol. The van der Waals surface area contributed by atoms with Gasteiger partial charge in [0.15, 0.2) is 0 Å². The van der Waals surface area contributed by atoms with Crippen LogP contribution in [0.15, 0.2) is 48.5 Å². The third-order valence-corrected chi connectivity index (χ3v) is 7.76. The van der Waals surface area contributed by atoms with E-state index in [1.54, 1.807) is 12.1 Å². The number of urea groups is 1. The first-order chi connectivity index (χ1) is 17.5. The van der Waals surface area contributed by atoms with Gasteiger partial charge in [-0.1, -0.05) is 48.0 Å². The number of carbonyl (C=O) groups is 3. The molecule has 1 unspecified atom stereocenters. The summed E-state index contributed by atoms with van der Waals surface area (Å²) in [6, 6.07) is 14.9. The summed E-state index contributed by atoms with van der Waals surface area (Å²) in [4.78, 5) is 39.9. The van der Waals surface area contributed by atoms with Crippen LogP contribution in [0.25, 0.3) is 0 Å². The number of nitrogens with one attached hydrogen (secondary N) is 4. The lowest BCUT2D eigenvalue weighted by molar-refractivity contribution is -0.138. The Bertz CT molecular complexity index is 1110. The molecule has 3 heterocycles. The highest BCUT2D eigenvalue weighted by Gasteiger charge is 2.34. The topological polar surface area (TPSA) is 103 Å². The number of benzene rings is 2. The van der Waals surface area contributed by atoms with E-state index in [2.05, 4.69) is 33.4 Å². The van der Waals surface area contributed by atoms with Gasteiger partial charge in [-0.25, -0.2) is 4.79 Å². The number of nitrogens with zero attached hydrogens (tertiary/aromatic N) is 1. The van der Waals surface area contributed by atoms with Gasteiger partial charge in [-0.3, -0.25) is 9.59 Å². The predicted octanol–water partition coefficient (Wildman–Crippen LogP) is 2.35. The molecule has 3 aliphatic heterocycles. The Morgan fingerprint density at radius 3 is 2.31 bits per heavy atom. The molecule has 36 heavy (non-hydrogen) atoms. The third kappa shape index (κ3) is 5.50. The lowest BCUT2D eigenvalue weighted by Crippen LogP contribution is -2.57. The molecule has 8 nitrogen and oxygen atoms in total. The van der Waals surface area contributed by atoms with Crippen molar-refractivity contribution in [1.82, 2.24) is 26.2 Å². The minimum absolute atomic E-state index is 0.0340. The molecule has 3 saturated heterocycles. The highest BCUT2D eigenvalue weighted by molar-refractivity contribution is 6.30. The molecule has 0 bridgehead atoms. The van der Waals surface area contributed by atoms with Crippen molar-refractivity contribution in [2.75, 3.05) is 32.7 Å². The number of halogens is 1. The molecule has 0 aliphatic carbocycles. The molecule has 0 spiro atoms. The van der Waals surface area contributed by atoms with Crippen LogP contribution in [0.1, 0.15) is 41.5 Å². The summed E-state index contributed by atoms with van der Waals surface area (Å²) in [5.41, 5.74) is 3.34. The molecule has 3 aliphatic rings. The van der Waals surface area contributed by atoms with Crippen molar-refractivity contribution >= 4 is 29.4 Å². The van der Waals surface area contributed by atoms with Gasteiger partial charge in [0.1, 0.15) is 6.04 Å². The van der Waals surface area contributed by atoms with Crippen LogP contribution in [0.2, 0.25) is 5.02 Å². The minimum Gasteiger partial charge on any atom is -0.344 e. The maximum atomic E-state index is 13.6. The van der Waals surface area contributed by atoms with Crippen molar-refractivity contribution in [3.8, 4) is 0 Å². The van der Waals surface area contributed by atoms with E-state index in [1.807, 2.05) is 29.2 Å². The average Bonchev–Trinajstić information content (AvgIpc) is 3.29. The van der Waals surface area contributed by atoms with Crippen LogP contribution in [0.3, 0.4) is 0 Å². The van der Waals surface area contributed by atoms with E-state index in [-0.39, 0.29) is 29.8 Å². The lowest BCUT2D eigenvalue weighted by Gasteiger charge is -2.36. The maximum absolute atomic E-state index is 13.6. The van der Waals surface area contributed by atoms with Gasteiger partial charge in [0, 0.05) is 44.2 Å². The molecule has 0 saturated carbocycles. The molecule has 4 N–H and O–H groups in total. The first-order valence-corrected chi connectivity index (χ1v) is 13.0. The zero-order chi connectivity index (χ0) is 25.1. The van der Waals surface area contributed by atoms with Gasteiger partial charge < -0.3 is 26.2 Å². The number of piperidine rings is 1. The van der Waals surface area contributed by atoms with Crippen molar-refractivity contribution in [3.63, 3.8) is 0 Å². The standard InChI is InChI=1S/C27H32ClN5O3/c28-20-7-5-17(6-8-20)13-23(31-25(34)19-14-29-15-19)26(35)33-11-9-18(10-12-33)21-3-1-2-4-22(21)24-16-30-27(36)32-24/h1-8,18-19,23-24,29H,9-16H2,(H,31,34)(H2,30,32,36)/t23-,24?/m1/s1. The SMILES string of the molecule is O=C1NCC(c2ccccc2C2CCN(C(=O)[C@@H](Cc3ccc(Cl)cc3)NC(=O)C3CNC3)CC2)N1. The van der Waals surface area contributed by atoms with Crippen LogP contribution in [0.5, 0.6) is 0 Å². The van der Waals surface area contributed by atoms with Crippen LogP contribution in [-0.4, -0.2) is 61.5 Å². The third-order valence-electron chi connectivity index (χ3n) is 7.51. The molecule has 0 aromatic heterocycles. The summed E-state index contributed by atoms with van der Waals surface area (Å²) in [6.07, 6.45) is 2.11. The molecule has 3 fully saturated rings. The number of carbonyl (C=O) groups excluding carboxylic acids is 3. The summed E-state index contributed by atoms with van der Waals surface area (Å²) in [7, 11) is 0. The van der Waals surface area contributed by atoms with Crippen molar-refractivity contribution < 1.29 is 14.4 Å². The number of likely N-dealkylation sites (tertiary alicyclic amines) is 1. The minimum atomic E-state index is -0.608. The van der Waals surface area contributed by atoms with Gasteiger partial charge in [0.2, 0.25) is 11.8 Å². The molecule has 9 heteroatoms. The zero-order valence-electron chi connectivity index (χ0n) is 20.1. The summed E-state index contributed by atoms with van der Waals surface area (Å²) in [6.45, 7) is 3.14. The molecule has 2 aromatic carbocycles. The number of rotatable bonds is 7. The van der Waals surface area contributed by atoms with Crippen LogP contribution in [-0.2, 0) is 16.0 Å². The molecular weight excluding hydrogens is 478 g/mol. The monoisotopic (exact) mass is 509 g/mol. The van der Waals surface area contributed by atoms with Crippen LogP contribution >= 0.6 is 11.6 Å². The molecule has 190 valence electrons. The van der Waals surface area contributed by atoms with Crippen molar-refractivity contribution in [3.05, 3.63) is 70.2 Å². The highest BCUT2D eigenvalue weighted by Crippen LogP contribution is 2.33. The molecular formula is C27H32ClN5O3. The Balaban J connectivity index is 1.25. The first-order valence-electron chi connectivity index (χ1n) is 12.7. The van der Waals surface area contributed by atoms with Gasteiger partial charge >= 0.3 is 6.03 Å². The van der Waals surface area contributed by atoms with Gasteiger partial charge in [-0.05, 0) is 47.6 Å². The van der Waals surface area contributed by atoms with Gasteiger partial charge in [-0.2, -0.15) is 0 Å². The Kier molecular flexibility index (Phi) is 7.43. The smallest absolute Gasteiger partial charge is 0.315 e. The van der Waals surface area contributed by atoms with E-state index >= 15 is 0 Å². The fraction of sp³-hybridized carbons (Fsp3) is 0.444. The van der Waals surface area contributed by atoms with E-state index in [0.717, 1.165) is 24.0 Å². The van der Waals surface area contributed by atoms with E-state index in [0.29, 0.717) is 50.1 Å². The van der Waals surface area contributed by atoms with Crippen molar-refractivity contribution in [2.24, 2.45) is 5.92 Å². The van der Waals surface area contributed by atoms with Gasteiger partial charge in [0.05, 0.1) is 12.0 Å². The molecule has 4 amide bonds. The van der Waals surface area contributed by atoms with Gasteiger partial charge in [-0.15, -0.1) is 0 Å². The lowest BCUT2D eigenvalue weighted by atomic mass is 9.84. The summed E-state index contributed by atoms with van der Waals surface area (Å²) in [5.74, 6) is 0.119. The number of hydrogen-bond donors (Lipinski definition) is 4. The summed E-state index contributed by atoms with van der Waals surface area (Å²) >= 11 is 6.03. The van der Waals surface area contributed by atoms with Crippen LogP contribution in [0, 0.1) is 5.92 Å². The maximum Gasteiger partial charge on any atom is 0.315 e. The average molecular weight is 510 g/mol. The fourth-order valence-corrected chi connectivity index (χ4v) is 5.42. The zero-order valence-corrected chi connectivity index (χ0v) is 20.9. The largest absolute Gasteiger partial charge is 0.344 e. The van der Waals surface area contributed by atoms with Crippen LogP contribution in [0.4, 0.5) is 4.79 Å². The second kappa shape index (κ2) is 10.9. The second-order valence-electron chi connectivity index (χ2n) is 9.88. The van der Waals surface area contributed by atoms with Crippen molar-refractivity contribution in [2.45, 2.75) is 37.3 Å². The van der Waals surface area contributed by atoms with E-state index in [4.69, 9.17) is 11.6 Å².